The molecule has 1 atom stereocenters. The lowest BCUT2D eigenvalue weighted by molar-refractivity contribution is 0.928. The predicted molar refractivity (Wildman–Crippen MR) is 118 cm³/mol. The lowest BCUT2D eigenvalue weighted by Gasteiger charge is -2.22. The zero-order valence-corrected chi connectivity index (χ0v) is 17.4. The summed E-state index contributed by atoms with van der Waals surface area (Å²) in [6.07, 6.45) is 3.28. The molecule has 1 N–H and O–H groups in total. The van der Waals surface area contributed by atoms with Crippen molar-refractivity contribution in [2.24, 2.45) is 0 Å². The maximum atomic E-state index is 6.51. The summed E-state index contributed by atoms with van der Waals surface area (Å²) in [5, 5.41) is 6.38. The Bertz CT molecular complexity index is 1160. The van der Waals surface area contributed by atoms with E-state index in [-0.39, 0.29) is 6.04 Å². The van der Waals surface area contributed by atoms with Crippen molar-refractivity contribution >= 4 is 63.1 Å². The molecule has 3 nitrogen and oxygen atoms in total. The second kappa shape index (κ2) is 8.14. The van der Waals surface area contributed by atoms with E-state index in [1.54, 1.807) is 24.4 Å². The summed E-state index contributed by atoms with van der Waals surface area (Å²) in [4.78, 5) is 8.78. The van der Waals surface area contributed by atoms with Crippen molar-refractivity contribution in [1.82, 2.24) is 9.97 Å². The highest BCUT2D eigenvalue weighted by Crippen LogP contribution is 2.34. The molecule has 0 saturated heterocycles. The van der Waals surface area contributed by atoms with E-state index in [0.717, 1.165) is 22.0 Å². The summed E-state index contributed by atoms with van der Waals surface area (Å²) in [7, 11) is 0. The number of fused-ring (bicyclic) bond motifs is 1. The lowest BCUT2D eigenvalue weighted by atomic mass is 9.97. The van der Waals surface area contributed by atoms with Crippen LogP contribution < -0.4 is 5.32 Å². The molecule has 0 aliphatic heterocycles. The third-order valence-corrected chi connectivity index (χ3v) is 5.61. The van der Waals surface area contributed by atoms with Crippen LogP contribution in [0.25, 0.3) is 10.9 Å². The number of aromatic nitrogens is 2. The van der Waals surface area contributed by atoms with Crippen LogP contribution in [0.1, 0.15) is 17.2 Å². The van der Waals surface area contributed by atoms with E-state index in [0.29, 0.717) is 25.9 Å². The van der Waals surface area contributed by atoms with Gasteiger partial charge in [-0.1, -0.05) is 70.7 Å². The molecular formula is C21H13Cl4N3. The smallest absolute Gasteiger partial charge is 0.128 e. The highest BCUT2D eigenvalue weighted by Gasteiger charge is 2.19. The molecule has 0 spiro atoms. The quantitative estimate of drug-likeness (QED) is 0.352. The molecule has 0 amide bonds. The fourth-order valence-electron chi connectivity index (χ4n) is 2.98. The summed E-state index contributed by atoms with van der Waals surface area (Å²) < 4.78 is 0. The van der Waals surface area contributed by atoms with Crippen LogP contribution in [0.3, 0.4) is 0 Å². The van der Waals surface area contributed by atoms with Gasteiger partial charge >= 0.3 is 0 Å². The Hall–Kier alpha value is -2.04. The normalized spacial score (nSPS) is 12.1. The molecular weight excluding hydrogens is 436 g/mol. The molecule has 0 radical (unpaired) electrons. The van der Waals surface area contributed by atoms with Gasteiger partial charge in [-0.05, 0) is 35.4 Å². The number of pyridine rings is 2. The predicted octanol–water partition coefficient (Wildman–Crippen LogP) is 7.44. The zero-order valence-electron chi connectivity index (χ0n) is 14.3. The molecule has 4 aromatic rings. The van der Waals surface area contributed by atoms with E-state index in [1.807, 2.05) is 36.4 Å². The van der Waals surface area contributed by atoms with Gasteiger partial charge in [-0.25, -0.2) is 4.98 Å². The average molecular weight is 449 g/mol. The van der Waals surface area contributed by atoms with E-state index >= 15 is 0 Å². The van der Waals surface area contributed by atoms with Gasteiger partial charge < -0.3 is 5.32 Å². The van der Waals surface area contributed by atoms with E-state index < -0.39 is 0 Å². The van der Waals surface area contributed by atoms with Gasteiger partial charge in [0.1, 0.15) is 5.82 Å². The van der Waals surface area contributed by atoms with Gasteiger partial charge in [-0.2, -0.15) is 0 Å². The van der Waals surface area contributed by atoms with Crippen molar-refractivity contribution in [3.63, 3.8) is 0 Å². The van der Waals surface area contributed by atoms with Gasteiger partial charge in [-0.3, -0.25) is 4.98 Å². The van der Waals surface area contributed by atoms with E-state index in [9.17, 15) is 0 Å². The molecule has 2 aromatic heterocycles. The molecule has 0 fully saturated rings. The second-order valence-corrected chi connectivity index (χ2v) is 7.84. The van der Waals surface area contributed by atoms with Crippen LogP contribution in [0.2, 0.25) is 20.1 Å². The van der Waals surface area contributed by atoms with Gasteiger partial charge in [-0.15, -0.1) is 0 Å². The SMILES string of the molecule is Clc1ccc(C(Nc2cc(Cl)c(Cl)cn2)c2ccc3cccnc3c2)c(Cl)c1. The minimum Gasteiger partial charge on any atom is -0.359 e. The number of halogens is 4. The average Bonchev–Trinajstić information content (AvgIpc) is 2.69. The number of benzene rings is 2. The zero-order chi connectivity index (χ0) is 19.7. The maximum Gasteiger partial charge on any atom is 0.128 e. The lowest BCUT2D eigenvalue weighted by Crippen LogP contribution is -2.14. The summed E-state index contributed by atoms with van der Waals surface area (Å²) in [6.45, 7) is 0. The standard InChI is InChI=1S/C21H13Cl4N3/c22-14-5-6-15(16(23)9-14)21(28-20-10-17(24)18(25)11-27-20)13-4-3-12-2-1-7-26-19(12)8-13/h1-11,21H,(H,27,28). The van der Waals surface area contributed by atoms with Crippen LogP contribution in [0.15, 0.2) is 67.0 Å². The van der Waals surface area contributed by atoms with Gasteiger partial charge in [0.2, 0.25) is 0 Å². The molecule has 0 aliphatic carbocycles. The van der Waals surface area contributed by atoms with Gasteiger partial charge in [0, 0.05) is 33.9 Å². The maximum absolute atomic E-state index is 6.51. The first-order valence-corrected chi connectivity index (χ1v) is 9.89. The largest absolute Gasteiger partial charge is 0.359 e. The summed E-state index contributed by atoms with van der Waals surface area (Å²) >= 11 is 24.7. The molecule has 28 heavy (non-hydrogen) atoms. The molecule has 4 rings (SSSR count). The molecule has 0 saturated carbocycles. The van der Waals surface area contributed by atoms with Crippen molar-refractivity contribution in [1.29, 1.82) is 0 Å². The molecule has 0 aliphatic rings. The van der Waals surface area contributed by atoms with Gasteiger partial charge in [0.15, 0.2) is 0 Å². The summed E-state index contributed by atoms with van der Waals surface area (Å²) in [5.41, 5.74) is 2.72. The van der Waals surface area contributed by atoms with E-state index in [1.165, 1.54) is 6.20 Å². The number of nitrogens with one attached hydrogen (secondary N) is 1. The first kappa shape index (κ1) is 19.3. The minimum absolute atomic E-state index is 0.291. The Kier molecular flexibility index (Phi) is 5.61. The fraction of sp³-hybridized carbons (Fsp3) is 0.0476. The second-order valence-electron chi connectivity index (χ2n) is 6.18. The Labute approximate surface area is 182 Å². The van der Waals surface area contributed by atoms with Crippen LogP contribution >= 0.6 is 46.4 Å². The van der Waals surface area contributed by atoms with Crippen LogP contribution in [-0.4, -0.2) is 9.97 Å². The Morgan fingerprint density at radius 2 is 1.64 bits per heavy atom. The number of rotatable bonds is 4. The van der Waals surface area contributed by atoms with Crippen LogP contribution in [-0.2, 0) is 0 Å². The van der Waals surface area contributed by atoms with Gasteiger partial charge in [0.05, 0.1) is 21.6 Å². The van der Waals surface area contributed by atoms with Crippen molar-refractivity contribution in [2.75, 3.05) is 5.32 Å². The Morgan fingerprint density at radius 3 is 2.43 bits per heavy atom. The Balaban J connectivity index is 1.82. The van der Waals surface area contributed by atoms with Crippen LogP contribution in [0.5, 0.6) is 0 Å². The first-order chi connectivity index (χ1) is 13.5. The molecule has 140 valence electrons. The topological polar surface area (TPSA) is 37.8 Å². The highest BCUT2D eigenvalue weighted by atomic mass is 35.5. The van der Waals surface area contributed by atoms with Crippen molar-refractivity contribution in [2.45, 2.75) is 6.04 Å². The minimum atomic E-state index is -0.291. The first-order valence-electron chi connectivity index (χ1n) is 8.38. The van der Waals surface area contributed by atoms with Crippen LogP contribution in [0.4, 0.5) is 5.82 Å². The molecule has 0 bridgehead atoms. The fourth-order valence-corrected chi connectivity index (χ4v) is 3.75. The molecule has 2 aromatic carbocycles. The summed E-state index contributed by atoms with van der Waals surface area (Å²) in [5.74, 6) is 0.575. The number of anilines is 1. The van der Waals surface area contributed by atoms with E-state index in [4.69, 9.17) is 46.4 Å². The van der Waals surface area contributed by atoms with Crippen LogP contribution in [0, 0.1) is 0 Å². The third kappa shape index (κ3) is 4.03. The summed E-state index contributed by atoms with van der Waals surface area (Å²) in [6, 6.07) is 16.8. The van der Waals surface area contributed by atoms with Crippen molar-refractivity contribution in [3.05, 3.63) is 98.2 Å². The molecule has 1 unspecified atom stereocenters. The third-order valence-electron chi connectivity index (χ3n) is 4.34. The monoisotopic (exact) mass is 447 g/mol. The van der Waals surface area contributed by atoms with Crippen molar-refractivity contribution in [3.8, 4) is 0 Å². The van der Waals surface area contributed by atoms with Crippen molar-refractivity contribution < 1.29 is 0 Å². The number of nitrogens with zero attached hydrogens (tertiary/aromatic N) is 2. The number of hydrogen-bond donors (Lipinski definition) is 1. The molecule has 7 heteroatoms. The van der Waals surface area contributed by atoms with E-state index in [2.05, 4.69) is 15.3 Å². The highest BCUT2D eigenvalue weighted by molar-refractivity contribution is 6.42. The number of hydrogen-bond acceptors (Lipinski definition) is 3. The van der Waals surface area contributed by atoms with Gasteiger partial charge in [0.25, 0.3) is 0 Å². The molecule has 2 heterocycles. The Morgan fingerprint density at radius 1 is 0.786 bits per heavy atom.